The first-order valence-electron chi connectivity index (χ1n) is 22.6. The molecule has 0 radical (unpaired) electrons. The van der Waals surface area contributed by atoms with E-state index in [0.717, 1.165) is 82.3 Å². The Kier molecular flexibility index (Phi) is 22.8. The fourth-order valence-electron chi connectivity index (χ4n) is 8.95. The van der Waals surface area contributed by atoms with Crippen LogP contribution in [0.4, 0.5) is 0 Å². The Bertz CT molecular complexity index is 1420. The van der Waals surface area contributed by atoms with E-state index in [0.29, 0.717) is 43.8 Å². The zero-order chi connectivity index (χ0) is 44.4. The van der Waals surface area contributed by atoms with Crippen molar-refractivity contribution in [3.05, 3.63) is 72.3 Å². The lowest BCUT2D eigenvalue weighted by molar-refractivity contribution is -0.153. The molecule has 0 heterocycles. The molecular weight excluding hydrogens is 735 g/mol. The summed E-state index contributed by atoms with van der Waals surface area (Å²) in [4.78, 5) is 28.5. The van der Waals surface area contributed by atoms with Crippen molar-refractivity contribution in [3.63, 3.8) is 0 Å². The number of aliphatic hydroxyl groups is 1. The van der Waals surface area contributed by atoms with Gasteiger partial charge in [-0.2, -0.15) is 12.6 Å². The molecule has 0 aliphatic carbocycles. The van der Waals surface area contributed by atoms with Gasteiger partial charge in [-0.3, -0.25) is 4.79 Å². The average molecular weight is 824 g/mol. The molecule has 0 saturated heterocycles. The van der Waals surface area contributed by atoms with Crippen LogP contribution in [0, 0.1) is 27.6 Å². The lowest BCUT2D eigenvalue weighted by atomic mass is 9.43. The van der Waals surface area contributed by atoms with E-state index in [1.54, 1.807) is 0 Å². The smallest absolute Gasteiger partial charge is 0.141 e. The molecule has 7 heteroatoms. The summed E-state index contributed by atoms with van der Waals surface area (Å²) in [6.45, 7) is 39.7. The molecule has 0 amide bonds. The van der Waals surface area contributed by atoms with E-state index >= 15 is 0 Å². The molecule has 6 nitrogen and oxygen atoms in total. The van der Waals surface area contributed by atoms with Crippen molar-refractivity contribution in [2.24, 2.45) is 33.3 Å². The first-order valence-corrected chi connectivity index (χ1v) is 23.2. The second-order valence-electron chi connectivity index (χ2n) is 20.0. The number of unbranched alkanes of at least 4 members (excludes halogenated alkanes) is 5. The number of hydrogen-bond acceptors (Lipinski definition) is 7. The zero-order valence-electron chi connectivity index (χ0n) is 39.3. The Hall–Kier alpha value is -2.51. The van der Waals surface area contributed by atoms with Gasteiger partial charge in [0.05, 0.1) is 5.76 Å². The fourth-order valence-corrected chi connectivity index (χ4v) is 9.16. The van der Waals surface area contributed by atoms with Gasteiger partial charge in [0.15, 0.2) is 0 Å². The van der Waals surface area contributed by atoms with Crippen LogP contribution in [0.2, 0.25) is 0 Å². The summed E-state index contributed by atoms with van der Waals surface area (Å²) in [6, 6.07) is 9.04. The molecule has 4 N–H and O–H groups in total. The molecule has 3 atom stereocenters. The molecule has 58 heavy (non-hydrogen) atoms. The van der Waals surface area contributed by atoms with Crippen LogP contribution >= 0.6 is 12.6 Å². The topological polar surface area (TPSA) is 95.7 Å². The Labute approximate surface area is 363 Å². The van der Waals surface area contributed by atoms with Gasteiger partial charge in [-0.15, -0.1) is 0 Å². The molecule has 332 valence electrons. The van der Waals surface area contributed by atoms with E-state index in [1.165, 1.54) is 30.4 Å². The first kappa shape index (κ1) is 53.5. The quantitative estimate of drug-likeness (QED) is 0.0244. The van der Waals surface area contributed by atoms with Crippen molar-refractivity contribution in [1.29, 1.82) is 0 Å². The van der Waals surface area contributed by atoms with Crippen molar-refractivity contribution in [2.45, 2.75) is 190 Å². The Morgan fingerprint density at radius 3 is 1.98 bits per heavy atom. The molecule has 0 bridgehead atoms. The lowest BCUT2D eigenvalue weighted by Crippen LogP contribution is -2.65. The average Bonchev–Trinajstić information content (AvgIpc) is 3.16. The Morgan fingerprint density at radius 1 is 0.862 bits per heavy atom. The minimum Gasteiger partial charge on any atom is -0.513 e. The summed E-state index contributed by atoms with van der Waals surface area (Å²) < 4.78 is 0. The summed E-state index contributed by atoms with van der Waals surface area (Å²) in [6.07, 6.45) is 14.4. The summed E-state index contributed by atoms with van der Waals surface area (Å²) in [7, 11) is 0. The summed E-state index contributed by atoms with van der Waals surface area (Å²) in [5.74, 6) is 1.90. The van der Waals surface area contributed by atoms with Gasteiger partial charge in [0, 0.05) is 67.0 Å². The number of Topliss-reactive ketones (excluding diaryl/α,β-unsaturated/α-hetero) is 1. The minimum absolute atomic E-state index is 0.0972. The maximum atomic E-state index is 14.9. The molecule has 1 rings (SSSR count). The van der Waals surface area contributed by atoms with E-state index in [4.69, 9.17) is 5.73 Å². The number of carbonyl (C=O) groups excluding carboxylic acids is 2. The van der Waals surface area contributed by atoms with Gasteiger partial charge in [0.1, 0.15) is 12.1 Å². The number of nitrogens with one attached hydrogen (secondary N) is 1. The van der Waals surface area contributed by atoms with Crippen LogP contribution in [0.3, 0.4) is 0 Å². The molecule has 3 unspecified atom stereocenters. The summed E-state index contributed by atoms with van der Waals surface area (Å²) in [5.41, 5.74) is 9.39. The van der Waals surface area contributed by atoms with E-state index in [1.807, 2.05) is 0 Å². The van der Waals surface area contributed by atoms with Crippen molar-refractivity contribution >= 4 is 24.7 Å². The van der Waals surface area contributed by atoms with Crippen LogP contribution < -0.4 is 11.1 Å². The van der Waals surface area contributed by atoms with Crippen molar-refractivity contribution < 1.29 is 14.7 Å². The highest BCUT2D eigenvalue weighted by Gasteiger charge is 2.61. The maximum absolute atomic E-state index is 14.9. The van der Waals surface area contributed by atoms with Gasteiger partial charge in [0.25, 0.3) is 0 Å². The SMILES string of the molecule is C=C(O)CCC(=C)NCCCCCCN(CCCCC(=O)C(C)(C(C)(C)N)C(C)(C)C(C)(C)C(CC(C)(C)C(C)CCCC)c1ccc(CS)cc1)C(=C)CCC=O. The number of ketones is 1. The second-order valence-corrected chi connectivity index (χ2v) is 20.3. The molecular formula is C51H89N3O3S. The van der Waals surface area contributed by atoms with E-state index in [-0.39, 0.29) is 28.3 Å². The molecule has 0 aliphatic heterocycles. The predicted molar refractivity (Wildman–Crippen MR) is 254 cm³/mol. The van der Waals surface area contributed by atoms with Gasteiger partial charge in [-0.1, -0.05) is 138 Å². The number of hydrogen-bond donors (Lipinski definition) is 4. The molecule has 0 aliphatic rings. The number of thiol groups is 1. The maximum Gasteiger partial charge on any atom is 0.141 e. The van der Waals surface area contributed by atoms with Crippen molar-refractivity contribution in [3.8, 4) is 0 Å². The third-order valence-electron chi connectivity index (χ3n) is 14.7. The number of nitrogens with zero attached hydrogens (tertiary/aromatic N) is 1. The Balaban J connectivity index is 3.20. The number of aldehydes is 1. The number of aliphatic hydroxyl groups excluding tert-OH is 1. The monoisotopic (exact) mass is 824 g/mol. The summed E-state index contributed by atoms with van der Waals surface area (Å²) in [5, 5.41) is 12.7. The number of carbonyl (C=O) groups is 2. The molecule has 0 fully saturated rings. The van der Waals surface area contributed by atoms with Gasteiger partial charge < -0.3 is 25.9 Å². The minimum atomic E-state index is -0.813. The second kappa shape index (κ2) is 24.7. The Morgan fingerprint density at radius 2 is 1.45 bits per heavy atom. The van der Waals surface area contributed by atoms with Gasteiger partial charge in [0.2, 0.25) is 0 Å². The third kappa shape index (κ3) is 15.5. The highest BCUT2D eigenvalue weighted by Crippen LogP contribution is 2.63. The fraction of sp³-hybridized carbons (Fsp3) is 0.725. The van der Waals surface area contributed by atoms with Crippen molar-refractivity contribution in [1.82, 2.24) is 10.2 Å². The van der Waals surface area contributed by atoms with E-state index < -0.39 is 16.4 Å². The summed E-state index contributed by atoms with van der Waals surface area (Å²) >= 11 is 4.55. The zero-order valence-corrected chi connectivity index (χ0v) is 40.2. The van der Waals surface area contributed by atoms with Gasteiger partial charge >= 0.3 is 0 Å². The molecule has 1 aromatic rings. The van der Waals surface area contributed by atoms with Crippen LogP contribution in [0.25, 0.3) is 0 Å². The van der Waals surface area contributed by atoms with Crippen LogP contribution in [0.5, 0.6) is 0 Å². The molecule has 0 spiro atoms. The molecule has 1 aromatic carbocycles. The van der Waals surface area contributed by atoms with Crippen molar-refractivity contribution in [2.75, 3.05) is 19.6 Å². The van der Waals surface area contributed by atoms with E-state index in [2.05, 4.69) is 143 Å². The standard InChI is InChI=1S/C51H89N3O3S/c1-15-16-24-39(2)47(6,7)37-45(44-31-29-43(38-58)30-32-44)48(8,9)49(10,11)51(14,50(12,13)52)46(57)26-19-22-35-54(41(4)25-23-36-55)34-21-18-17-20-33-53-40(3)27-28-42(5)56/h29-32,36,39,45,53,56,58H,3-5,15-28,33-35,37-38,52H2,1-2,6-14H3. The number of allylic oxidation sites excluding steroid dienone is 3. The number of rotatable bonds is 33. The van der Waals surface area contributed by atoms with Crippen LogP contribution in [-0.4, -0.2) is 47.2 Å². The number of benzene rings is 1. The largest absolute Gasteiger partial charge is 0.513 e. The van der Waals surface area contributed by atoms with Crippen LogP contribution in [0.1, 0.15) is 190 Å². The normalized spacial score (nSPS) is 14.6. The van der Waals surface area contributed by atoms with Gasteiger partial charge in [-0.25, -0.2) is 0 Å². The lowest BCUT2D eigenvalue weighted by Gasteiger charge is -2.61. The third-order valence-corrected chi connectivity index (χ3v) is 15.1. The first-order chi connectivity index (χ1) is 26.9. The highest BCUT2D eigenvalue weighted by atomic mass is 32.1. The van der Waals surface area contributed by atoms with Gasteiger partial charge in [-0.05, 0) is 98.0 Å². The highest BCUT2D eigenvalue weighted by molar-refractivity contribution is 7.79. The number of nitrogens with two attached hydrogens (primary N) is 1. The molecule has 0 aromatic heterocycles. The molecule has 0 saturated carbocycles. The van der Waals surface area contributed by atoms with Crippen LogP contribution in [0.15, 0.2) is 61.2 Å². The predicted octanol–water partition coefficient (Wildman–Crippen LogP) is 13.3. The van der Waals surface area contributed by atoms with E-state index in [9.17, 15) is 14.7 Å². The van der Waals surface area contributed by atoms with Crippen LogP contribution in [-0.2, 0) is 15.3 Å².